The molecule has 3 rings (SSSR count). The van der Waals surface area contributed by atoms with Crippen LogP contribution in [0.25, 0.3) is 0 Å². The molecule has 1 saturated heterocycles. The maximum atomic E-state index is 12.8. The maximum absolute atomic E-state index is 12.8. The zero-order valence-corrected chi connectivity index (χ0v) is 17.3. The molecule has 1 fully saturated rings. The van der Waals surface area contributed by atoms with Crippen LogP contribution in [0, 0.1) is 0 Å². The average Bonchev–Trinajstić information content (AvgIpc) is 2.93. The number of imide groups is 1. The first-order valence-electron chi connectivity index (χ1n) is 9.27. The quantitative estimate of drug-likeness (QED) is 0.716. The summed E-state index contributed by atoms with van der Waals surface area (Å²) in [7, 11) is 1.43. The van der Waals surface area contributed by atoms with Crippen molar-refractivity contribution in [2.24, 2.45) is 0 Å². The van der Waals surface area contributed by atoms with Crippen LogP contribution in [0.5, 0.6) is 0 Å². The normalized spacial score (nSPS) is 16.0. The fourth-order valence-electron chi connectivity index (χ4n) is 3.11. The number of nitrogens with one attached hydrogen (secondary N) is 1. The summed E-state index contributed by atoms with van der Waals surface area (Å²) >= 11 is 6.01. The molecule has 5 amide bonds. The number of nitrogens with zero attached hydrogens (tertiary/aromatic N) is 3. The standard InChI is InChI=1S/C21H21ClN4O4/c1-14-20(29)25(21(30)26(14)15-8-4-3-5-9-15)13-19(28)24(2)12-18(27)23-17-11-7-6-10-16(17)22/h3-11,14H,12-13H2,1-2H3,(H,23,27). The number of carbonyl (C=O) groups excluding carboxylic acids is 4. The van der Waals surface area contributed by atoms with E-state index in [-0.39, 0.29) is 6.54 Å². The number of benzene rings is 2. The van der Waals surface area contributed by atoms with E-state index >= 15 is 0 Å². The van der Waals surface area contributed by atoms with Gasteiger partial charge in [-0.3, -0.25) is 24.2 Å². The largest absolute Gasteiger partial charge is 0.335 e. The van der Waals surface area contributed by atoms with Crippen LogP contribution in [0.4, 0.5) is 16.2 Å². The average molecular weight is 429 g/mol. The number of carbonyl (C=O) groups is 4. The van der Waals surface area contributed by atoms with Crippen molar-refractivity contribution in [3.63, 3.8) is 0 Å². The highest BCUT2D eigenvalue weighted by atomic mass is 35.5. The van der Waals surface area contributed by atoms with Gasteiger partial charge in [0.15, 0.2) is 0 Å². The van der Waals surface area contributed by atoms with Crippen LogP contribution in [0.15, 0.2) is 54.6 Å². The molecule has 1 unspecified atom stereocenters. The van der Waals surface area contributed by atoms with Crippen LogP contribution >= 0.6 is 11.6 Å². The summed E-state index contributed by atoms with van der Waals surface area (Å²) in [5.41, 5.74) is 1.01. The summed E-state index contributed by atoms with van der Waals surface area (Å²) < 4.78 is 0. The number of hydrogen-bond acceptors (Lipinski definition) is 4. The molecular formula is C21H21ClN4O4. The van der Waals surface area contributed by atoms with Crippen molar-refractivity contribution < 1.29 is 19.2 Å². The molecule has 156 valence electrons. The van der Waals surface area contributed by atoms with Crippen molar-refractivity contribution in [3.05, 3.63) is 59.6 Å². The highest BCUT2D eigenvalue weighted by molar-refractivity contribution is 6.33. The Morgan fingerprint density at radius 1 is 1.07 bits per heavy atom. The molecule has 1 atom stereocenters. The van der Waals surface area contributed by atoms with Gasteiger partial charge in [-0.15, -0.1) is 0 Å². The number of amides is 5. The molecule has 0 spiro atoms. The summed E-state index contributed by atoms with van der Waals surface area (Å²) in [5.74, 6) is -1.45. The minimum atomic E-state index is -0.721. The third-order valence-corrected chi connectivity index (χ3v) is 5.06. The van der Waals surface area contributed by atoms with Crippen molar-refractivity contribution >= 4 is 46.7 Å². The second-order valence-electron chi connectivity index (χ2n) is 6.87. The molecule has 0 radical (unpaired) electrons. The Bertz CT molecular complexity index is 982. The van der Waals surface area contributed by atoms with Gasteiger partial charge in [0.05, 0.1) is 17.3 Å². The van der Waals surface area contributed by atoms with E-state index in [2.05, 4.69) is 5.32 Å². The van der Waals surface area contributed by atoms with Gasteiger partial charge < -0.3 is 10.2 Å². The topological polar surface area (TPSA) is 90.0 Å². The first kappa shape index (κ1) is 21.3. The number of hydrogen-bond donors (Lipinski definition) is 1. The number of anilines is 2. The zero-order valence-electron chi connectivity index (χ0n) is 16.5. The third kappa shape index (κ3) is 4.44. The molecule has 1 N–H and O–H groups in total. The van der Waals surface area contributed by atoms with E-state index in [1.807, 2.05) is 0 Å². The molecule has 2 aromatic carbocycles. The van der Waals surface area contributed by atoms with Gasteiger partial charge >= 0.3 is 6.03 Å². The van der Waals surface area contributed by atoms with Gasteiger partial charge in [-0.25, -0.2) is 4.79 Å². The van der Waals surface area contributed by atoms with E-state index in [0.29, 0.717) is 16.4 Å². The van der Waals surface area contributed by atoms with Gasteiger partial charge in [0.2, 0.25) is 11.8 Å². The van der Waals surface area contributed by atoms with E-state index in [9.17, 15) is 19.2 Å². The van der Waals surface area contributed by atoms with Gasteiger partial charge in [-0.1, -0.05) is 41.9 Å². The van der Waals surface area contributed by atoms with E-state index in [1.165, 1.54) is 11.9 Å². The molecule has 0 saturated carbocycles. The molecule has 0 bridgehead atoms. The molecular weight excluding hydrogens is 408 g/mol. The van der Waals surface area contributed by atoms with Gasteiger partial charge in [0, 0.05) is 12.7 Å². The Labute approximate surface area is 179 Å². The predicted octanol–water partition coefficient (Wildman–Crippen LogP) is 2.59. The molecule has 8 nitrogen and oxygen atoms in total. The van der Waals surface area contributed by atoms with Crippen LogP contribution in [-0.2, 0) is 14.4 Å². The molecule has 0 aromatic heterocycles. The lowest BCUT2D eigenvalue weighted by Crippen LogP contribution is -2.44. The van der Waals surface area contributed by atoms with Crippen molar-refractivity contribution in [3.8, 4) is 0 Å². The zero-order chi connectivity index (χ0) is 21.8. The van der Waals surface area contributed by atoms with Crippen LogP contribution in [-0.4, -0.2) is 59.7 Å². The monoisotopic (exact) mass is 428 g/mol. The lowest BCUT2D eigenvalue weighted by Gasteiger charge is -2.21. The highest BCUT2D eigenvalue weighted by Gasteiger charge is 2.44. The SMILES string of the molecule is CC1C(=O)N(CC(=O)N(C)CC(=O)Nc2ccccc2Cl)C(=O)N1c1ccccc1. The Kier molecular flexibility index (Phi) is 6.37. The Balaban J connectivity index is 1.62. The molecule has 1 aliphatic rings. The minimum absolute atomic E-state index is 0.252. The highest BCUT2D eigenvalue weighted by Crippen LogP contribution is 2.25. The Hall–Kier alpha value is -3.39. The van der Waals surface area contributed by atoms with E-state index in [1.54, 1.807) is 61.5 Å². The summed E-state index contributed by atoms with van der Waals surface area (Å²) in [6.07, 6.45) is 0. The van der Waals surface area contributed by atoms with Gasteiger partial charge in [-0.05, 0) is 31.2 Å². The summed E-state index contributed by atoms with van der Waals surface area (Å²) in [4.78, 5) is 53.5. The number of likely N-dealkylation sites (N-methyl/N-ethyl adjacent to an activating group) is 1. The molecule has 0 aliphatic carbocycles. The molecule has 1 aliphatic heterocycles. The fourth-order valence-corrected chi connectivity index (χ4v) is 3.29. The lowest BCUT2D eigenvalue weighted by atomic mass is 10.2. The van der Waals surface area contributed by atoms with E-state index in [0.717, 1.165) is 9.80 Å². The minimum Gasteiger partial charge on any atom is -0.335 e. The smallest absolute Gasteiger partial charge is 0.332 e. The summed E-state index contributed by atoms with van der Waals surface area (Å²) in [6, 6.07) is 14.2. The van der Waals surface area contributed by atoms with Crippen molar-refractivity contribution in [2.45, 2.75) is 13.0 Å². The second-order valence-corrected chi connectivity index (χ2v) is 7.27. The van der Waals surface area contributed by atoms with Gasteiger partial charge in [0.25, 0.3) is 5.91 Å². The molecule has 9 heteroatoms. The number of rotatable bonds is 6. The first-order chi connectivity index (χ1) is 14.3. The van der Waals surface area contributed by atoms with Crippen LogP contribution in [0.2, 0.25) is 5.02 Å². The molecule has 2 aromatic rings. The third-order valence-electron chi connectivity index (χ3n) is 4.73. The maximum Gasteiger partial charge on any atom is 0.332 e. The Morgan fingerprint density at radius 3 is 2.37 bits per heavy atom. The van der Waals surface area contributed by atoms with Gasteiger partial charge in [0.1, 0.15) is 12.6 Å². The number of halogens is 1. The van der Waals surface area contributed by atoms with Crippen LogP contribution in [0.3, 0.4) is 0 Å². The van der Waals surface area contributed by atoms with Crippen molar-refractivity contribution in [1.29, 1.82) is 0 Å². The van der Waals surface area contributed by atoms with Crippen LogP contribution in [0.1, 0.15) is 6.92 Å². The van der Waals surface area contributed by atoms with Crippen molar-refractivity contribution in [1.82, 2.24) is 9.80 Å². The summed E-state index contributed by atoms with van der Waals surface area (Å²) in [6.45, 7) is 0.915. The number of para-hydroxylation sites is 2. The molecule has 1 heterocycles. The van der Waals surface area contributed by atoms with E-state index < -0.39 is 36.3 Å². The lowest BCUT2D eigenvalue weighted by molar-refractivity contribution is -0.137. The van der Waals surface area contributed by atoms with Crippen LogP contribution < -0.4 is 10.2 Å². The second kappa shape index (κ2) is 8.96. The summed E-state index contributed by atoms with van der Waals surface area (Å²) in [5, 5.41) is 3.00. The first-order valence-corrected chi connectivity index (χ1v) is 9.65. The predicted molar refractivity (Wildman–Crippen MR) is 113 cm³/mol. The number of urea groups is 1. The molecule has 30 heavy (non-hydrogen) atoms. The Morgan fingerprint density at radius 2 is 1.70 bits per heavy atom. The fraction of sp³-hybridized carbons (Fsp3) is 0.238. The van der Waals surface area contributed by atoms with Crippen molar-refractivity contribution in [2.75, 3.05) is 30.4 Å². The van der Waals surface area contributed by atoms with E-state index in [4.69, 9.17) is 11.6 Å². The van der Waals surface area contributed by atoms with Gasteiger partial charge in [-0.2, -0.15) is 0 Å².